The van der Waals surface area contributed by atoms with Crippen LogP contribution < -0.4 is 4.90 Å². The molecule has 0 aliphatic carbocycles. The number of benzene rings is 1. The van der Waals surface area contributed by atoms with Crippen molar-refractivity contribution in [1.82, 2.24) is 0 Å². The van der Waals surface area contributed by atoms with Crippen LogP contribution in [0.25, 0.3) is 0 Å². The van der Waals surface area contributed by atoms with Crippen LogP contribution in [-0.2, 0) is 4.79 Å². The van der Waals surface area contributed by atoms with Crippen LogP contribution in [-0.4, -0.2) is 17.6 Å². The van der Waals surface area contributed by atoms with Crippen molar-refractivity contribution in [2.45, 2.75) is 6.10 Å². The van der Waals surface area contributed by atoms with E-state index in [1.165, 1.54) is 4.90 Å². The second kappa shape index (κ2) is 3.27. The van der Waals surface area contributed by atoms with Crippen molar-refractivity contribution < 1.29 is 9.90 Å². The Balaban J connectivity index is 2.47. The smallest absolute Gasteiger partial charge is 0.260 e. The Morgan fingerprint density at radius 2 is 2.21 bits per heavy atom. The molecule has 0 fully saturated rings. The normalized spacial score (nSPS) is 19.6. The number of aliphatic hydroxyl groups excluding tert-OH is 1. The van der Waals surface area contributed by atoms with Crippen LogP contribution in [0.2, 0.25) is 0 Å². The molecule has 1 amide bonds. The van der Waals surface area contributed by atoms with Gasteiger partial charge in [-0.05, 0) is 6.07 Å². The number of carbonyl (C=O) groups is 1. The van der Waals surface area contributed by atoms with E-state index >= 15 is 0 Å². The zero-order valence-corrected chi connectivity index (χ0v) is 7.68. The van der Waals surface area contributed by atoms with Crippen LogP contribution in [0, 0.1) is 0 Å². The Kier molecular flexibility index (Phi) is 2.09. The zero-order valence-electron chi connectivity index (χ0n) is 7.68. The lowest BCUT2D eigenvalue weighted by atomic mass is 10.1. The molecule has 14 heavy (non-hydrogen) atoms. The van der Waals surface area contributed by atoms with Gasteiger partial charge in [-0.1, -0.05) is 24.3 Å². The Morgan fingerprint density at radius 1 is 1.50 bits per heavy atom. The summed E-state index contributed by atoms with van der Waals surface area (Å²) in [7, 11) is 0. The van der Waals surface area contributed by atoms with Gasteiger partial charge in [-0.3, -0.25) is 4.79 Å². The number of nitrogens with zero attached hydrogens (tertiary/aromatic N) is 1. The van der Waals surface area contributed by atoms with E-state index in [1.807, 2.05) is 18.2 Å². The lowest BCUT2D eigenvalue weighted by Gasteiger charge is -2.14. The van der Waals surface area contributed by atoms with E-state index in [-0.39, 0.29) is 5.91 Å². The fraction of sp³-hybridized carbons (Fsp3) is 0.182. The maximum absolute atomic E-state index is 11.6. The number of hydrogen-bond donors (Lipinski definition) is 1. The number of carbonyl (C=O) groups excluding carboxylic acids is 1. The summed E-state index contributed by atoms with van der Waals surface area (Å²) in [5.74, 6) is -0.272. The van der Waals surface area contributed by atoms with Crippen molar-refractivity contribution in [3.8, 4) is 0 Å². The third-order valence-electron chi connectivity index (χ3n) is 2.33. The lowest BCUT2D eigenvalue weighted by molar-refractivity contribution is -0.125. The summed E-state index contributed by atoms with van der Waals surface area (Å²) >= 11 is 0. The van der Waals surface area contributed by atoms with Crippen LogP contribution in [0.1, 0.15) is 11.7 Å². The van der Waals surface area contributed by atoms with E-state index in [4.69, 9.17) is 0 Å². The highest BCUT2D eigenvalue weighted by Gasteiger charge is 2.34. The van der Waals surface area contributed by atoms with Crippen LogP contribution in [0.5, 0.6) is 0 Å². The number of amides is 1. The average molecular weight is 189 g/mol. The van der Waals surface area contributed by atoms with Crippen molar-refractivity contribution in [3.05, 3.63) is 42.5 Å². The molecule has 0 saturated heterocycles. The molecule has 3 nitrogen and oxygen atoms in total. The Morgan fingerprint density at radius 3 is 2.93 bits per heavy atom. The van der Waals surface area contributed by atoms with Crippen molar-refractivity contribution in [1.29, 1.82) is 0 Å². The molecule has 1 heterocycles. The molecule has 2 rings (SSSR count). The minimum Gasteiger partial charge on any atom is -0.378 e. The molecule has 1 N–H and O–H groups in total. The van der Waals surface area contributed by atoms with Gasteiger partial charge >= 0.3 is 0 Å². The van der Waals surface area contributed by atoms with Crippen molar-refractivity contribution in [2.24, 2.45) is 0 Å². The van der Waals surface area contributed by atoms with Gasteiger partial charge < -0.3 is 10.0 Å². The molecular formula is C11H11NO2. The van der Waals surface area contributed by atoms with Crippen molar-refractivity contribution >= 4 is 11.6 Å². The first-order valence-electron chi connectivity index (χ1n) is 4.45. The molecule has 1 aromatic carbocycles. The van der Waals surface area contributed by atoms with Crippen LogP contribution in [0.15, 0.2) is 36.9 Å². The molecule has 0 saturated carbocycles. The molecular weight excluding hydrogens is 178 g/mol. The summed E-state index contributed by atoms with van der Waals surface area (Å²) in [6.45, 7) is 4.02. The number of rotatable bonds is 2. The second-order valence-corrected chi connectivity index (χ2v) is 3.20. The molecule has 0 bridgehead atoms. The predicted octanol–water partition coefficient (Wildman–Crippen LogP) is 1.25. The second-order valence-electron chi connectivity index (χ2n) is 3.20. The lowest BCUT2D eigenvalue weighted by Crippen LogP contribution is -2.28. The van der Waals surface area contributed by atoms with Crippen LogP contribution in [0.3, 0.4) is 0 Å². The van der Waals surface area contributed by atoms with Crippen LogP contribution in [0.4, 0.5) is 5.69 Å². The third-order valence-corrected chi connectivity index (χ3v) is 2.33. The van der Waals surface area contributed by atoms with Gasteiger partial charge in [0.15, 0.2) is 6.10 Å². The third kappa shape index (κ3) is 1.14. The highest BCUT2D eigenvalue weighted by atomic mass is 16.3. The van der Waals surface area contributed by atoms with Crippen LogP contribution >= 0.6 is 0 Å². The van der Waals surface area contributed by atoms with Gasteiger partial charge in [-0.25, -0.2) is 0 Å². The summed E-state index contributed by atoms with van der Waals surface area (Å²) in [5.41, 5.74) is 1.46. The van der Waals surface area contributed by atoms with Gasteiger partial charge in [0.25, 0.3) is 5.91 Å². The summed E-state index contributed by atoms with van der Waals surface area (Å²) in [4.78, 5) is 13.1. The molecule has 0 spiro atoms. The maximum Gasteiger partial charge on any atom is 0.260 e. The molecule has 1 aromatic rings. The maximum atomic E-state index is 11.6. The van der Waals surface area contributed by atoms with E-state index < -0.39 is 6.10 Å². The van der Waals surface area contributed by atoms with Crippen molar-refractivity contribution in [3.63, 3.8) is 0 Å². The van der Waals surface area contributed by atoms with Gasteiger partial charge in [-0.15, -0.1) is 6.58 Å². The molecule has 72 valence electrons. The van der Waals surface area contributed by atoms with E-state index in [0.717, 1.165) is 5.69 Å². The van der Waals surface area contributed by atoms with E-state index in [2.05, 4.69) is 6.58 Å². The van der Waals surface area contributed by atoms with Gasteiger partial charge in [0.1, 0.15) is 0 Å². The standard InChI is InChI=1S/C11H11NO2/c1-2-7-12-9-6-4-3-5-8(9)10(13)11(12)14/h2-6,10,13H,1,7H2. The van der Waals surface area contributed by atoms with Crippen molar-refractivity contribution in [2.75, 3.05) is 11.4 Å². The predicted molar refractivity (Wildman–Crippen MR) is 54.0 cm³/mol. The number of anilines is 1. The highest BCUT2D eigenvalue weighted by Crippen LogP contribution is 2.34. The number of para-hydroxylation sites is 1. The summed E-state index contributed by atoms with van der Waals surface area (Å²) in [6.07, 6.45) is 0.637. The topological polar surface area (TPSA) is 40.5 Å². The molecule has 3 heteroatoms. The highest BCUT2D eigenvalue weighted by molar-refractivity contribution is 6.03. The molecule has 0 aromatic heterocycles. The van der Waals surface area contributed by atoms with E-state index in [9.17, 15) is 9.90 Å². The average Bonchev–Trinajstić information content (AvgIpc) is 2.45. The Hall–Kier alpha value is -1.61. The first kappa shape index (κ1) is 8.97. The van der Waals surface area contributed by atoms with E-state index in [0.29, 0.717) is 12.1 Å². The quantitative estimate of drug-likeness (QED) is 0.711. The Labute approximate surface area is 82.3 Å². The summed E-state index contributed by atoms with van der Waals surface area (Å²) in [5, 5.41) is 9.62. The number of aliphatic hydroxyl groups is 1. The van der Waals surface area contributed by atoms with Gasteiger partial charge in [0, 0.05) is 12.1 Å². The van der Waals surface area contributed by atoms with Gasteiger partial charge in [-0.2, -0.15) is 0 Å². The molecule has 1 unspecified atom stereocenters. The number of hydrogen-bond acceptors (Lipinski definition) is 2. The van der Waals surface area contributed by atoms with Gasteiger partial charge in [0.05, 0.1) is 5.69 Å². The molecule has 1 atom stereocenters. The SMILES string of the molecule is C=CCN1C(=O)C(O)c2ccccc21. The fourth-order valence-electron chi connectivity index (χ4n) is 1.68. The minimum atomic E-state index is -1.01. The van der Waals surface area contributed by atoms with E-state index in [1.54, 1.807) is 12.1 Å². The first-order valence-corrected chi connectivity index (χ1v) is 4.45. The fourth-order valence-corrected chi connectivity index (χ4v) is 1.68. The Bertz CT molecular complexity index is 387. The van der Waals surface area contributed by atoms with Gasteiger partial charge in [0.2, 0.25) is 0 Å². The monoisotopic (exact) mass is 189 g/mol. The molecule has 0 radical (unpaired) electrons. The number of fused-ring (bicyclic) bond motifs is 1. The summed E-state index contributed by atoms with van der Waals surface area (Å²) < 4.78 is 0. The first-order chi connectivity index (χ1) is 6.75. The zero-order chi connectivity index (χ0) is 10.1. The molecule has 1 aliphatic heterocycles. The summed E-state index contributed by atoms with van der Waals surface area (Å²) in [6, 6.07) is 7.25. The minimum absolute atomic E-state index is 0.272. The largest absolute Gasteiger partial charge is 0.378 e. The molecule has 1 aliphatic rings.